The summed E-state index contributed by atoms with van der Waals surface area (Å²) < 4.78 is 2.67. The van der Waals surface area contributed by atoms with E-state index >= 15 is 0 Å². The average Bonchev–Trinajstić information content (AvgIpc) is 3.45. The van der Waals surface area contributed by atoms with Gasteiger partial charge in [0.1, 0.15) is 0 Å². The van der Waals surface area contributed by atoms with Crippen LogP contribution in [0.15, 0.2) is 134 Å². The molecular weight excluding hydrogens is 541 g/mol. The molecule has 10 rings (SSSR count). The summed E-state index contributed by atoms with van der Waals surface area (Å²) >= 11 is 1.89. The zero-order chi connectivity index (χ0) is 28.1. The molecule has 3 heteroatoms. The largest absolute Gasteiger partial charge is 0.254 e. The topological polar surface area (TPSA) is 25.8 Å². The minimum Gasteiger partial charge on any atom is -0.254 e. The summed E-state index contributed by atoms with van der Waals surface area (Å²) in [6.07, 6.45) is 1.85. The van der Waals surface area contributed by atoms with Gasteiger partial charge in [-0.3, -0.25) is 4.98 Å². The lowest BCUT2D eigenvalue weighted by atomic mass is 9.91. The molecule has 0 spiro atoms. The van der Waals surface area contributed by atoms with E-state index in [1.165, 1.54) is 63.3 Å². The van der Waals surface area contributed by atoms with Crippen LogP contribution in [0.25, 0.3) is 96.3 Å². The van der Waals surface area contributed by atoms with E-state index in [4.69, 9.17) is 4.98 Å². The fourth-order valence-corrected chi connectivity index (χ4v) is 8.18. The SMILES string of the molecule is c1ccc2c(c1)ccc1sc3cc4c5ccc(-c6ccc7ccc8cccnc8c7n6)cc5c5ccccc5c4cc3c12. The fourth-order valence-electron chi connectivity index (χ4n) is 7.04. The Bertz CT molecular complexity index is 2790. The van der Waals surface area contributed by atoms with Gasteiger partial charge in [0.25, 0.3) is 0 Å². The Hall–Kier alpha value is -5.38. The van der Waals surface area contributed by atoms with Gasteiger partial charge in [0.2, 0.25) is 0 Å². The van der Waals surface area contributed by atoms with Gasteiger partial charge in [-0.2, -0.15) is 0 Å². The second kappa shape index (κ2) is 8.57. The van der Waals surface area contributed by atoms with Gasteiger partial charge in [-0.1, -0.05) is 91.0 Å². The predicted octanol–water partition coefficient (Wildman–Crippen LogP) is 11.4. The average molecular weight is 563 g/mol. The van der Waals surface area contributed by atoms with E-state index in [1.807, 2.05) is 23.6 Å². The lowest BCUT2D eigenvalue weighted by molar-refractivity contribution is 1.37. The van der Waals surface area contributed by atoms with Crippen LogP contribution in [0.4, 0.5) is 0 Å². The molecule has 198 valence electrons. The zero-order valence-electron chi connectivity index (χ0n) is 23.0. The summed E-state index contributed by atoms with van der Waals surface area (Å²) in [6, 6.07) is 46.4. The van der Waals surface area contributed by atoms with Gasteiger partial charge in [-0.25, -0.2) is 4.98 Å². The van der Waals surface area contributed by atoms with Crippen molar-refractivity contribution in [3.8, 4) is 11.3 Å². The van der Waals surface area contributed by atoms with Crippen LogP contribution in [0.3, 0.4) is 0 Å². The minimum atomic E-state index is 0.943. The molecule has 0 amide bonds. The van der Waals surface area contributed by atoms with Crippen LogP contribution >= 0.6 is 11.3 Å². The van der Waals surface area contributed by atoms with Gasteiger partial charge in [0.05, 0.1) is 16.7 Å². The van der Waals surface area contributed by atoms with Crippen LogP contribution in [0.2, 0.25) is 0 Å². The first-order valence-corrected chi connectivity index (χ1v) is 15.4. The molecule has 0 bridgehead atoms. The van der Waals surface area contributed by atoms with Crippen molar-refractivity contribution in [3.05, 3.63) is 134 Å². The van der Waals surface area contributed by atoms with Gasteiger partial charge < -0.3 is 0 Å². The first kappa shape index (κ1) is 23.2. The third-order valence-electron chi connectivity index (χ3n) is 9.04. The maximum Gasteiger partial charge on any atom is 0.0972 e. The smallest absolute Gasteiger partial charge is 0.0972 e. The van der Waals surface area contributed by atoms with Gasteiger partial charge >= 0.3 is 0 Å². The molecule has 0 radical (unpaired) electrons. The van der Waals surface area contributed by atoms with Crippen LogP contribution in [0, 0.1) is 0 Å². The van der Waals surface area contributed by atoms with Crippen molar-refractivity contribution in [1.82, 2.24) is 9.97 Å². The number of aromatic nitrogens is 2. The number of pyridine rings is 2. The second-order valence-electron chi connectivity index (χ2n) is 11.4. The second-order valence-corrected chi connectivity index (χ2v) is 12.5. The van der Waals surface area contributed by atoms with Crippen molar-refractivity contribution in [2.45, 2.75) is 0 Å². The number of thiophene rings is 1. The summed E-state index contributed by atoms with van der Waals surface area (Å²) in [5, 5.41) is 15.2. The number of nitrogens with zero attached hydrogens (tertiary/aromatic N) is 2. The third-order valence-corrected chi connectivity index (χ3v) is 10.2. The lowest BCUT2D eigenvalue weighted by Crippen LogP contribution is -1.89. The van der Waals surface area contributed by atoms with Crippen LogP contribution in [0.5, 0.6) is 0 Å². The number of benzene rings is 7. The normalized spacial score (nSPS) is 12.2. The molecule has 10 aromatic rings. The highest BCUT2D eigenvalue weighted by molar-refractivity contribution is 7.26. The summed E-state index contributed by atoms with van der Waals surface area (Å²) in [5.74, 6) is 0. The lowest BCUT2D eigenvalue weighted by Gasteiger charge is -2.13. The molecule has 0 saturated carbocycles. The molecule has 3 heterocycles. The van der Waals surface area contributed by atoms with Crippen molar-refractivity contribution < 1.29 is 0 Å². The molecule has 0 unspecified atom stereocenters. The van der Waals surface area contributed by atoms with E-state index < -0.39 is 0 Å². The molecule has 0 fully saturated rings. The first-order valence-electron chi connectivity index (χ1n) is 14.6. The highest BCUT2D eigenvalue weighted by atomic mass is 32.1. The molecule has 7 aromatic carbocycles. The molecule has 0 N–H and O–H groups in total. The fraction of sp³-hybridized carbons (Fsp3) is 0. The van der Waals surface area contributed by atoms with E-state index in [-0.39, 0.29) is 0 Å². The molecule has 0 aliphatic rings. The number of fused-ring (bicyclic) bond motifs is 14. The van der Waals surface area contributed by atoms with E-state index in [1.54, 1.807) is 0 Å². The summed E-state index contributed by atoms with van der Waals surface area (Å²) in [5.41, 5.74) is 3.96. The summed E-state index contributed by atoms with van der Waals surface area (Å²) in [4.78, 5) is 9.82. The monoisotopic (exact) mass is 562 g/mol. The van der Waals surface area contributed by atoms with Crippen molar-refractivity contribution in [2.24, 2.45) is 0 Å². The molecule has 0 saturated heterocycles. The van der Waals surface area contributed by atoms with Crippen LogP contribution < -0.4 is 0 Å². The molecular formula is C40H22N2S. The number of hydrogen-bond acceptors (Lipinski definition) is 3. The Kier molecular flexibility index (Phi) is 4.63. The van der Waals surface area contributed by atoms with Crippen LogP contribution in [0.1, 0.15) is 0 Å². The van der Waals surface area contributed by atoms with Crippen LogP contribution in [-0.4, -0.2) is 9.97 Å². The Morgan fingerprint density at radius 2 is 1.09 bits per heavy atom. The van der Waals surface area contributed by atoms with Crippen molar-refractivity contribution in [3.63, 3.8) is 0 Å². The highest BCUT2D eigenvalue weighted by Crippen LogP contribution is 2.44. The third kappa shape index (κ3) is 3.28. The Morgan fingerprint density at radius 1 is 0.419 bits per heavy atom. The molecule has 0 aliphatic carbocycles. The Morgan fingerprint density at radius 3 is 1.98 bits per heavy atom. The highest BCUT2D eigenvalue weighted by Gasteiger charge is 2.15. The maximum absolute atomic E-state index is 5.15. The number of hydrogen-bond donors (Lipinski definition) is 0. The Balaban J connectivity index is 1.27. The van der Waals surface area contributed by atoms with Gasteiger partial charge in [-0.05, 0) is 79.5 Å². The first-order chi connectivity index (χ1) is 21.3. The quantitative estimate of drug-likeness (QED) is 0.186. The van der Waals surface area contributed by atoms with Gasteiger partial charge in [0.15, 0.2) is 0 Å². The van der Waals surface area contributed by atoms with E-state index in [0.717, 1.165) is 33.1 Å². The molecule has 3 aromatic heterocycles. The van der Waals surface area contributed by atoms with Gasteiger partial charge in [0, 0.05) is 42.7 Å². The minimum absolute atomic E-state index is 0.943. The Labute approximate surface area is 250 Å². The maximum atomic E-state index is 5.15. The van der Waals surface area contributed by atoms with Crippen molar-refractivity contribution in [2.75, 3.05) is 0 Å². The molecule has 0 atom stereocenters. The summed E-state index contributed by atoms with van der Waals surface area (Å²) in [7, 11) is 0. The van der Waals surface area contributed by atoms with Crippen molar-refractivity contribution in [1.29, 1.82) is 0 Å². The standard InChI is InChI=1S/C40H22N2S/c1-2-8-27-23(6-1)15-18-36-38(27)34-21-32-29-10-4-3-9-28(29)31-20-26(13-16-30(31)33(32)22-37(34)43-36)35-17-14-25-12-11-24-7-5-19-41-39(24)40(25)42-35/h1-22H. The van der Waals surface area contributed by atoms with Gasteiger partial charge in [-0.15, -0.1) is 11.3 Å². The van der Waals surface area contributed by atoms with Crippen LogP contribution in [-0.2, 0) is 0 Å². The zero-order valence-corrected chi connectivity index (χ0v) is 23.8. The predicted molar refractivity (Wildman–Crippen MR) is 185 cm³/mol. The number of rotatable bonds is 1. The van der Waals surface area contributed by atoms with E-state index in [0.29, 0.717) is 0 Å². The molecule has 0 aliphatic heterocycles. The van der Waals surface area contributed by atoms with Crippen molar-refractivity contribution >= 4 is 96.4 Å². The summed E-state index contributed by atoms with van der Waals surface area (Å²) in [6.45, 7) is 0. The molecule has 43 heavy (non-hydrogen) atoms. The molecule has 2 nitrogen and oxygen atoms in total. The van der Waals surface area contributed by atoms with E-state index in [9.17, 15) is 0 Å². The van der Waals surface area contributed by atoms with E-state index in [2.05, 4.69) is 126 Å².